The highest BCUT2D eigenvalue weighted by atomic mass is 32.1. The summed E-state index contributed by atoms with van der Waals surface area (Å²) in [4.78, 5) is 58.0. The summed E-state index contributed by atoms with van der Waals surface area (Å²) in [5.41, 5.74) is 4.02. The fourth-order valence-electron chi connectivity index (χ4n) is 9.77. The number of aryl methyl sites for hydroxylation is 1. The van der Waals surface area contributed by atoms with Crippen molar-refractivity contribution >= 4 is 63.6 Å². The first-order valence-electron chi connectivity index (χ1n) is 23.9. The molecular formula is C53H53F3N10O5S2. The number of pyridine rings is 1. The number of thiocarbonyl (C=S) groups is 1. The van der Waals surface area contributed by atoms with Gasteiger partial charge in [-0.3, -0.25) is 24.0 Å². The van der Waals surface area contributed by atoms with Crippen molar-refractivity contribution in [2.45, 2.75) is 96.4 Å². The van der Waals surface area contributed by atoms with Gasteiger partial charge in [0.2, 0.25) is 11.8 Å². The predicted molar refractivity (Wildman–Crippen MR) is 275 cm³/mol. The number of amides is 3. The maximum Gasteiger partial charge on any atom is 0.417 e. The van der Waals surface area contributed by atoms with Gasteiger partial charge in [-0.1, -0.05) is 50.2 Å². The fraction of sp³-hybridized carbons (Fsp3) is 0.358. The number of aliphatic hydroxyl groups excluding tert-OH is 1. The van der Waals surface area contributed by atoms with Crippen molar-refractivity contribution in [1.29, 1.82) is 5.26 Å². The number of nitriles is 1. The van der Waals surface area contributed by atoms with E-state index in [4.69, 9.17) is 21.9 Å². The smallest absolute Gasteiger partial charge is 0.417 e. The summed E-state index contributed by atoms with van der Waals surface area (Å²) >= 11 is 7.28. The molecule has 3 unspecified atom stereocenters. The van der Waals surface area contributed by atoms with Crippen molar-refractivity contribution in [3.8, 4) is 33.4 Å². The first kappa shape index (κ1) is 50.7. The van der Waals surface area contributed by atoms with Gasteiger partial charge in [0.15, 0.2) is 10.9 Å². The number of nitrogens with one attached hydrogen (secondary N) is 1. The van der Waals surface area contributed by atoms with Gasteiger partial charge in [0.05, 0.1) is 57.5 Å². The number of hydrogen-bond acceptors (Lipinski definition) is 12. The van der Waals surface area contributed by atoms with Gasteiger partial charge < -0.3 is 29.9 Å². The van der Waals surface area contributed by atoms with E-state index in [1.165, 1.54) is 11.0 Å². The molecule has 20 heteroatoms. The van der Waals surface area contributed by atoms with Crippen LogP contribution in [-0.4, -0.2) is 96.0 Å². The zero-order valence-corrected chi connectivity index (χ0v) is 42.3. The lowest BCUT2D eigenvalue weighted by atomic mass is 10.0. The normalized spacial score (nSPS) is 18.6. The average Bonchev–Trinajstić information content (AvgIpc) is 4.16. The predicted octanol–water partition coefficient (Wildman–Crippen LogP) is 8.71. The van der Waals surface area contributed by atoms with Gasteiger partial charge in [-0.05, 0) is 98.1 Å². The molecule has 6 aromatic rings. The molecule has 3 atom stereocenters. The van der Waals surface area contributed by atoms with E-state index < -0.39 is 46.9 Å². The highest BCUT2D eigenvalue weighted by molar-refractivity contribution is 7.81. The topological polar surface area (TPSA) is 173 Å². The van der Waals surface area contributed by atoms with Crippen LogP contribution >= 0.6 is 23.6 Å². The lowest BCUT2D eigenvalue weighted by molar-refractivity contribution is -0.142. The number of aliphatic hydroxyl groups is 1. The molecule has 3 aliphatic rings. The molecular weight excluding hydrogens is 978 g/mol. The standard InChI is InChI=1S/C53H53F3N10O5S2/c1-31(2)46(49(69)63-28-40(67)23-44(63)48(68)59-25-33-6-8-35(9-7-33)47-32(3)60-30-73-47)64-29-42(27-61-64)71-41-18-20-62(21-19-41)45-17-13-37(26-58-45)34-10-14-38(15-11-34)66-51(72)65(50(70)52(66,4)5)39-16-12-36(24-57)43(22-39)53(54,55)56/h6-17,22,26-27,29-31,40-41,44,46,67H,18-21,23,25,28H2,1-5H3,(H,59,68). The highest BCUT2D eigenvalue weighted by Gasteiger charge is 2.51. The van der Waals surface area contributed by atoms with Crippen LogP contribution in [0.25, 0.3) is 21.6 Å². The minimum absolute atomic E-state index is 0.0112. The van der Waals surface area contributed by atoms with Crippen LogP contribution in [-0.2, 0) is 27.1 Å². The second kappa shape index (κ2) is 20.4. The number of nitrogens with zero attached hydrogens (tertiary/aromatic N) is 9. The van der Waals surface area contributed by atoms with E-state index >= 15 is 0 Å². The number of aromatic nitrogens is 4. The van der Waals surface area contributed by atoms with Crippen LogP contribution < -0.4 is 24.8 Å². The molecule has 6 heterocycles. The van der Waals surface area contributed by atoms with E-state index in [9.17, 15) is 37.9 Å². The molecule has 3 aliphatic heterocycles. The third-order valence-corrected chi connectivity index (χ3v) is 15.0. The first-order valence-corrected chi connectivity index (χ1v) is 25.2. The van der Waals surface area contributed by atoms with Crippen molar-refractivity contribution < 1.29 is 37.4 Å². The molecule has 0 radical (unpaired) electrons. The molecule has 73 heavy (non-hydrogen) atoms. The lowest BCUT2D eigenvalue weighted by Crippen LogP contribution is -2.49. The van der Waals surface area contributed by atoms with Gasteiger partial charge >= 0.3 is 6.18 Å². The van der Waals surface area contributed by atoms with Gasteiger partial charge in [0.1, 0.15) is 29.5 Å². The fourth-order valence-corrected chi connectivity index (χ4v) is 11.1. The molecule has 0 aliphatic carbocycles. The molecule has 378 valence electrons. The second-order valence-corrected chi connectivity index (χ2v) is 20.6. The molecule has 3 fully saturated rings. The number of halogens is 3. The van der Waals surface area contributed by atoms with Crippen molar-refractivity contribution in [3.63, 3.8) is 0 Å². The first-order chi connectivity index (χ1) is 34.8. The summed E-state index contributed by atoms with van der Waals surface area (Å²) in [5.74, 6) is 0.0155. The molecule has 3 saturated heterocycles. The SMILES string of the molecule is Cc1ncsc1-c1ccc(CNC(=O)C2CC(O)CN2C(=O)C(C(C)C)n2cc(OC3CCN(c4ccc(-c5ccc(N6C(=S)N(c7ccc(C#N)c(C(F)(F)F)c7)C(=O)C6(C)C)cc5)cn4)CC3)cn2)cc1. The van der Waals surface area contributed by atoms with Crippen LogP contribution in [0.4, 0.5) is 30.4 Å². The molecule has 9 rings (SSSR count). The van der Waals surface area contributed by atoms with E-state index in [1.807, 2.05) is 74.8 Å². The second-order valence-electron chi connectivity index (χ2n) is 19.3. The number of piperidine rings is 1. The highest BCUT2D eigenvalue weighted by Crippen LogP contribution is 2.40. The number of carbonyl (C=O) groups is 3. The largest absolute Gasteiger partial charge is 0.487 e. The molecule has 3 aromatic carbocycles. The van der Waals surface area contributed by atoms with Crippen molar-refractivity contribution in [1.82, 2.24) is 30.0 Å². The zero-order valence-electron chi connectivity index (χ0n) is 40.7. The Bertz CT molecular complexity index is 3070. The molecule has 2 N–H and O–H groups in total. The van der Waals surface area contributed by atoms with Gasteiger partial charge in [-0.15, -0.1) is 11.3 Å². The number of benzene rings is 3. The Kier molecular flexibility index (Phi) is 14.1. The van der Waals surface area contributed by atoms with Crippen molar-refractivity contribution in [2.24, 2.45) is 5.92 Å². The molecule has 0 saturated carbocycles. The lowest BCUT2D eigenvalue weighted by Gasteiger charge is -2.32. The van der Waals surface area contributed by atoms with Crippen LogP contribution in [0, 0.1) is 24.2 Å². The van der Waals surface area contributed by atoms with Gasteiger partial charge in [-0.2, -0.15) is 23.5 Å². The third-order valence-electron chi connectivity index (χ3n) is 13.7. The number of rotatable bonds is 13. The molecule has 0 bridgehead atoms. The molecule has 3 amide bonds. The minimum atomic E-state index is -4.80. The van der Waals surface area contributed by atoms with Crippen LogP contribution in [0.2, 0.25) is 0 Å². The van der Waals surface area contributed by atoms with E-state index in [2.05, 4.69) is 20.3 Å². The summed E-state index contributed by atoms with van der Waals surface area (Å²) in [7, 11) is 0. The number of likely N-dealkylation sites (tertiary alicyclic amines) is 1. The van der Waals surface area contributed by atoms with E-state index in [0.29, 0.717) is 37.4 Å². The molecule has 0 spiro atoms. The van der Waals surface area contributed by atoms with E-state index in [0.717, 1.165) is 55.7 Å². The summed E-state index contributed by atoms with van der Waals surface area (Å²) in [6.45, 7) is 10.8. The maximum absolute atomic E-state index is 14.2. The summed E-state index contributed by atoms with van der Waals surface area (Å²) < 4.78 is 49.4. The van der Waals surface area contributed by atoms with Gasteiger partial charge in [0.25, 0.3) is 5.91 Å². The van der Waals surface area contributed by atoms with Crippen LogP contribution in [0.15, 0.2) is 103 Å². The summed E-state index contributed by atoms with van der Waals surface area (Å²) in [6.07, 6.45) is 0.937. The third kappa shape index (κ3) is 10.3. The van der Waals surface area contributed by atoms with E-state index in [1.54, 1.807) is 71.6 Å². The number of carbonyl (C=O) groups excluding carboxylic acids is 3. The molecule has 3 aromatic heterocycles. The van der Waals surface area contributed by atoms with Gasteiger partial charge in [-0.25, -0.2) is 9.97 Å². The van der Waals surface area contributed by atoms with Crippen LogP contribution in [0.1, 0.15) is 75.4 Å². The number of ether oxygens (including phenoxy) is 1. The number of anilines is 3. The Morgan fingerprint density at radius 3 is 2.29 bits per heavy atom. The van der Waals surface area contributed by atoms with Gasteiger partial charge in [0, 0.05) is 62.9 Å². The number of alkyl halides is 3. The number of β-amino-alcohol motifs (C(OH)–C–C–N with tert-alkyl or cyclic N) is 1. The van der Waals surface area contributed by atoms with E-state index in [-0.39, 0.29) is 54.1 Å². The summed E-state index contributed by atoms with van der Waals surface area (Å²) in [6, 6.07) is 22.3. The minimum Gasteiger partial charge on any atom is -0.487 e. The monoisotopic (exact) mass is 1030 g/mol. The Hall–Kier alpha value is -7.21. The van der Waals surface area contributed by atoms with Crippen LogP contribution in [0.5, 0.6) is 5.75 Å². The quantitative estimate of drug-likeness (QED) is 0.106. The molecule has 15 nitrogen and oxygen atoms in total. The average molecular weight is 1030 g/mol. The maximum atomic E-state index is 14.2. The Morgan fingerprint density at radius 1 is 0.973 bits per heavy atom. The van der Waals surface area contributed by atoms with Crippen LogP contribution in [0.3, 0.4) is 0 Å². The number of thiazole rings is 1. The number of hydrogen-bond donors (Lipinski definition) is 2. The summed E-state index contributed by atoms with van der Waals surface area (Å²) in [5, 5.41) is 27.5. The van der Waals surface area contributed by atoms with Crippen molar-refractivity contribution in [2.75, 3.05) is 34.3 Å². The van der Waals surface area contributed by atoms with Crippen molar-refractivity contribution in [3.05, 3.63) is 125 Å². The zero-order chi connectivity index (χ0) is 51.9. The Labute approximate surface area is 429 Å². The Balaban J connectivity index is 0.781. The Morgan fingerprint density at radius 2 is 1.66 bits per heavy atom.